The lowest BCUT2D eigenvalue weighted by molar-refractivity contribution is -0.758. The van der Waals surface area contributed by atoms with Gasteiger partial charge >= 0.3 is 0 Å². The average molecular weight is 487 g/mol. The second-order valence-electron chi connectivity index (χ2n) is 7.11. The molecule has 0 amide bonds. The van der Waals surface area contributed by atoms with Crippen molar-refractivity contribution < 1.29 is 9.92 Å². The summed E-state index contributed by atoms with van der Waals surface area (Å²) in [5.74, 6) is 6.51. The summed E-state index contributed by atoms with van der Waals surface area (Å²) in [4.78, 5) is 15.1. The molecule has 6 rings (SSSR count). The van der Waals surface area contributed by atoms with Crippen molar-refractivity contribution in [2.45, 2.75) is 20.7 Å². The van der Waals surface area contributed by atoms with Crippen LogP contribution in [0.25, 0.3) is 0 Å². The van der Waals surface area contributed by atoms with Crippen LogP contribution in [0.15, 0.2) is 0 Å². The van der Waals surface area contributed by atoms with Gasteiger partial charge in [-0.15, -0.1) is 10.1 Å². The Morgan fingerprint density at radius 2 is 2.00 bits per heavy atom. The summed E-state index contributed by atoms with van der Waals surface area (Å²) >= 11 is 5.40. The van der Waals surface area contributed by atoms with Gasteiger partial charge in [0, 0.05) is 7.85 Å². The molecule has 104 valence electrons. The minimum absolute atomic E-state index is 0.312. The van der Waals surface area contributed by atoms with Crippen molar-refractivity contribution in [1.29, 1.82) is 0 Å². The number of halogens is 2. The maximum Gasteiger partial charge on any atom is 0.294 e. The molecule has 0 unspecified atom stereocenters. The van der Waals surface area contributed by atoms with E-state index in [-0.39, 0.29) is 0 Å². The average Bonchev–Trinajstić information content (AvgIpc) is 3.05. The standard InChI is InChI=1S/C13H15I2NO3/c14-11-8-4-3-5-7-6(4)10(11)13(9(5)8,12(7)15)1-2-19-16(17)18/h4-12H,1-3H2/t4-,5+,6-,7-,8+,9-,10-,11-,12+,13-/m0/s1. The topological polar surface area (TPSA) is 52.4 Å². The Hall–Kier alpha value is 0.660. The van der Waals surface area contributed by atoms with Gasteiger partial charge in [0.1, 0.15) is 0 Å². The minimum Gasteiger partial charge on any atom is -0.314 e. The van der Waals surface area contributed by atoms with Crippen LogP contribution < -0.4 is 0 Å². The Balaban J connectivity index is 1.52. The van der Waals surface area contributed by atoms with Crippen molar-refractivity contribution in [3.8, 4) is 0 Å². The summed E-state index contributed by atoms with van der Waals surface area (Å²) in [7, 11) is 0. The van der Waals surface area contributed by atoms with Crippen molar-refractivity contribution in [2.75, 3.05) is 6.61 Å². The van der Waals surface area contributed by atoms with Crippen LogP contribution in [0.2, 0.25) is 0 Å². The van der Waals surface area contributed by atoms with E-state index in [1.54, 1.807) is 0 Å². The summed E-state index contributed by atoms with van der Waals surface area (Å²) in [5, 5.41) is 9.81. The molecule has 10 atom stereocenters. The molecule has 0 aromatic carbocycles. The van der Waals surface area contributed by atoms with Crippen molar-refractivity contribution >= 4 is 45.2 Å². The molecule has 0 heterocycles. The van der Waals surface area contributed by atoms with Gasteiger partial charge in [0.05, 0.1) is 6.61 Å². The monoisotopic (exact) mass is 487 g/mol. The molecule has 0 aromatic rings. The first-order chi connectivity index (χ1) is 9.09. The first kappa shape index (κ1) is 12.2. The van der Waals surface area contributed by atoms with Gasteiger partial charge in [-0.1, -0.05) is 45.2 Å². The number of nitrogens with zero attached hydrogens (tertiary/aromatic N) is 1. The van der Waals surface area contributed by atoms with E-state index in [4.69, 9.17) is 0 Å². The van der Waals surface area contributed by atoms with E-state index < -0.39 is 5.09 Å². The van der Waals surface area contributed by atoms with Crippen LogP contribution in [0, 0.1) is 57.0 Å². The quantitative estimate of drug-likeness (QED) is 0.266. The van der Waals surface area contributed by atoms with E-state index in [1.165, 1.54) is 6.42 Å². The zero-order valence-corrected chi connectivity index (χ0v) is 14.6. The normalized spacial score (nSPS) is 65.7. The molecule has 0 aliphatic heterocycles. The van der Waals surface area contributed by atoms with Crippen LogP contribution in [0.5, 0.6) is 0 Å². The molecule has 6 aliphatic carbocycles. The number of hydrogen-bond donors (Lipinski definition) is 0. The Labute approximate surface area is 138 Å². The largest absolute Gasteiger partial charge is 0.314 e. The molecule has 0 spiro atoms. The second kappa shape index (κ2) is 3.52. The third kappa shape index (κ3) is 1.07. The number of hydrogen-bond acceptors (Lipinski definition) is 3. The fraction of sp³-hybridized carbons (Fsp3) is 1.00. The molecule has 0 saturated heterocycles. The predicted molar refractivity (Wildman–Crippen MR) is 84.7 cm³/mol. The zero-order valence-electron chi connectivity index (χ0n) is 10.2. The molecular weight excluding hydrogens is 472 g/mol. The lowest BCUT2D eigenvalue weighted by Gasteiger charge is -2.42. The molecule has 6 aliphatic rings. The van der Waals surface area contributed by atoms with Gasteiger partial charge in [0.15, 0.2) is 0 Å². The van der Waals surface area contributed by atoms with Crippen molar-refractivity contribution in [3.05, 3.63) is 10.1 Å². The van der Waals surface area contributed by atoms with E-state index in [0.717, 1.165) is 55.7 Å². The smallest absolute Gasteiger partial charge is 0.294 e. The van der Waals surface area contributed by atoms with Gasteiger partial charge < -0.3 is 4.84 Å². The Kier molecular flexibility index (Phi) is 2.27. The highest BCUT2D eigenvalue weighted by atomic mass is 127. The van der Waals surface area contributed by atoms with E-state index in [1.807, 2.05) is 0 Å². The van der Waals surface area contributed by atoms with Crippen molar-refractivity contribution in [2.24, 2.45) is 46.8 Å². The molecule has 6 saturated carbocycles. The van der Waals surface area contributed by atoms with Gasteiger partial charge in [-0.05, 0) is 59.7 Å². The summed E-state index contributed by atoms with van der Waals surface area (Å²) < 4.78 is 1.59. The SMILES string of the molecule is O=[N+]([O-])OCC[C@]12[C@@H]3[C@@H](I)[C@@H]4[C@H]5C[C@H]([C@@H]([C@H]53)[C@H]1I)[C@@H]42. The van der Waals surface area contributed by atoms with Crippen LogP contribution in [-0.4, -0.2) is 19.5 Å². The van der Waals surface area contributed by atoms with Gasteiger partial charge in [0.2, 0.25) is 0 Å². The van der Waals surface area contributed by atoms with Crippen LogP contribution in [0.4, 0.5) is 0 Å². The van der Waals surface area contributed by atoms with E-state index in [2.05, 4.69) is 50.0 Å². The van der Waals surface area contributed by atoms with Crippen molar-refractivity contribution in [1.82, 2.24) is 0 Å². The highest BCUT2D eigenvalue weighted by Crippen LogP contribution is 2.89. The van der Waals surface area contributed by atoms with Gasteiger partial charge in [0.25, 0.3) is 5.09 Å². The fourth-order valence-corrected chi connectivity index (χ4v) is 11.8. The molecule has 6 bridgehead atoms. The molecule has 0 N–H and O–H groups in total. The highest BCUT2D eigenvalue weighted by Gasteiger charge is 2.87. The highest BCUT2D eigenvalue weighted by molar-refractivity contribution is 14.1. The summed E-state index contributed by atoms with van der Waals surface area (Å²) in [6.07, 6.45) is 2.39. The summed E-state index contributed by atoms with van der Waals surface area (Å²) in [5.41, 5.74) is 0.389. The lowest BCUT2D eigenvalue weighted by Crippen LogP contribution is -2.40. The predicted octanol–water partition coefficient (Wildman–Crippen LogP) is 2.95. The molecule has 0 radical (unpaired) electrons. The maximum atomic E-state index is 10.4. The van der Waals surface area contributed by atoms with Gasteiger partial charge in [-0.25, -0.2) is 0 Å². The Morgan fingerprint density at radius 3 is 2.74 bits per heavy atom. The first-order valence-corrected chi connectivity index (χ1v) is 9.63. The van der Waals surface area contributed by atoms with Crippen LogP contribution in [0.3, 0.4) is 0 Å². The Bertz CT molecular complexity index is 485. The molecule has 19 heavy (non-hydrogen) atoms. The Morgan fingerprint density at radius 1 is 1.21 bits per heavy atom. The molecule has 4 nitrogen and oxygen atoms in total. The van der Waals surface area contributed by atoms with Crippen molar-refractivity contribution in [3.63, 3.8) is 0 Å². The van der Waals surface area contributed by atoms with E-state index >= 15 is 0 Å². The summed E-state index contributed by atoms with van der Waals surface area (Å²) in [6, 6.07) is 0. The van der Waals surface area contributed by atoms with E-state index in [0.29, 0.717) is 12.0 Å². The maximum absolute atomic E-state index is 10.4. The number of alkyl halides is 2. The third-order valence-electron chi connectivity index (χ3n) is 7.30. The molecule has 0 aromatic heterocycles. The number of rotatable bonds is 4. The van der Waals surface area contributed by atoms with Crippen LogP contribution >= 0.6 is 45.2 Å². The molecule has 6 fully saturated rings. The molecular formula is C13H15I2NO3. The van der Waals surface area contributed by atoms with Crippen LogP contribution in [-0.2, 0) is 4.84 Å². The van der Waals surface area contributed by atoms with Crippen LogP contribution in [0.1, 0.15) is 12.8 Å². The lowest BCUT2D eigenvalue weighted by atomic mass is 9.62. The minimum atomic E-state index is -0.621. The fourth-order valence-electron chi connectivity index (χ4n) is 7.48. The summed E-state index contributed by atoms with van der Waals surface area (Å²) in [6.45, 7) is 0.312. The first-order valence-electron chi connectivity index (χ1n) is 7.14. The second-order valence-corrected chi connectivity index (χ2v) is 9.89. The van der Waals surface area contributed by atoms with Gasteiger partial charge in [-0.3, -0.25) is 0 Å². The zero-order chi connectivity index (χ0) is 13.1. The van der Waals surface area contributed by atoms with E-state index in [9.17, 15) is 10.1 Å². The molecule has 6 heteroatoms. The van der Waals surface area contributed by atoms with Gasteiger partial charge in [-0.2, -0.15) is 0 Å². The third-order valence-corrected chi connectivity index (χ3v) is 10.9.